The van der Waals surface area contributed by atoms with Gasteiger partial charge in [-0.25, -0.2) is 4.39 Å². The van der Waals surface area contributed by atoms with Crippen LogP contribution in [0.1, 0.15) is 31.5 Å². The molecule has 5 nitrogen and oxygen atoms in total. The predicted octanol–water partition coefficient (Wildman–Crippen LogP) is 3.71. The minimum Gasteiger partial charge on any atom is -0.326 e. The van der Waals surface area contributed by atoms with Gasteiger partial charge in [0.05, 0.1) is 5.69 Å². The summed E-state index contributed by atoms with van der Waals surface area (Å²) in [7, 11) is 0. The van der Waals surface area contributed by atoms with E-state index in [0.29, 0.717) is 17.6 Å². The standard InChI is InChI=1S/C17H19FN4OS/c1-10-20-21-16(24)22(10)14-4-2-3-13(5-14)19-15(23)11-6-17(7-11)8-12(18)9-17/h2-5,11-12H,6-9H2,1H3,(H,19,23)(H,21,24). The molecule has 4 rings (SSSR count). The van der Waals surface area contributed by atoms with E-state index in [1.54, 1.807) is 0 Å². The van der Waals surface area contributed by atoms with Gasteiger partial charge in [-0.15, -0.1) is 0 Å². The molecule has 0 saturated heterocycles. The second-order valence-corrected chi connectivity index (χ2v) is 7.45. The van der Waals surface area contributed by atoms with Gasteiger partial charge in [0.2, 0.25) is 5.91 Å². The van der Waals surface area contributed by atoms with Gasteiger partial charge in [-0.05, 0) is 68.4 Å². The minimum absolute atomic E-state index is 0.000940. The number of aromatic amines is 1. The van der Waals surface area contributed by atoms with Crippen molar-refractivity contribution in [3.63, 3.8) is 0 Å². The van der Waals surface area contributed by atoms with Crippen LogP contribution in [0.4, 0.5) is 10.1 Å². The molecule has 2 saturated carbocycles. The fourth-order valence-electron chi connectivity index (χ4n) is 4.03. The molecule has 0 bridgehead atoms. The van der Waals surface area contributed by atoms with Gasteiger partial charge in [0, 0.05) is 11.6 Å². The number of carbonyl (C=O) groups excluding carboxylic acids is 1. The smallest absolute Gasteiger partial charge is 0.227 e. The number of alkyl halides is 1. The summed E-state index contributed by atoms with van der Waals surface area (Å²) in [5.41, 5.74) is 1.70. The number of hydrogen-bond donors (Lipinski definition) is 2. The molecule has 2 N–H and O–H groups in total. The van der Waals surface area contributed by atoms with Gasteiger partial charge in [0.15, 0.2) is 4.77 Å². The zero-order valence-corrected chi connectivity index (χ0v) is 14.2. The summed E-state index contributed by atoms with van der Waals surface area (Å²) >= 11 is 5.24. The maximum absolute atomic E-state index is 13.0. The Kier molecular flexibility index (Phi) is 3.56. The number of nitrogens with zero attached hydrogens (tertiary/aromatic N) is 2. The van der Waals surface area contributed by atoms with Gasteiger partial charge in [0.1, 0.15) is 12.0 Å². The van der Waals surface area contributed by atoms with E-state index in [2.05, 4.69) is 15.5 Å². The van der Waals surface area contributed by atoms with Gasteiger partial charge >= 0.3 is 0 Å². The Morgan fingerprint density at radius 3 is 2.79 bits per heavy atom. The Labute approximate surface area is 144 Å². The first-order chi connectivity index (χ1) is 11.5. The minimum atomic E-state index is -0.659. The lowest BCUT2D eigenvalue weighted by Crippen LogP contribution is -2.51. The molecular formula is C17H19FN4OS. The van der Waals surface area contributed by atoms with E-state index in [4.69, 9.17) is 12.2 Å². The van der Waals surface area contributed by atoms with E-state index < -0.39 is 6.17 Å². The third kappa shape index (κ3) is 2.56. The molecule has 2 aliphatic rings. The van der Waals surface area contributed by atoms with Crippen LogP contribution in [0.15, 0.2) is 24.3 Å². The number of nitrogens with one attached hydrogen (secondary N) is 2. The lowest BCUT2D eigenvalue weighted by molar-refractivity contribution is -0.136. The molecule has 24 heavy (non-hydrogen) atoms. The Morgan fingerprint density at radius 2 is 2.17 bits per heavy atom. The lowest BCUT2D eigenvalue weighted by Gasteiger charge is -2.54. The van der Waals surface area contributed by atoms with E-state index in [1.165, 1.54) is 0 Å². The highest BCUT2D eigenvalue weighted by molar-refractivity contribution is 7.71. The van der Waals surface area contributed by atoms with Crippen LogP contribution < -0.4 is 5.32 Å². The van der Waals surface area contributed by atoms with Crippen LogP contribution in [0.25, 0.3) is 5.69 Å². The first-order valence-electron chi connectivity index (χ1n) is 8.15. The normalized spacial score (nSPS) is 28.2. The number of aromatic nitrogens is 3. The number of benzene rings is 1. The summed E-state index contributed by atoms with van der Waals surface area (Å²) in [6, 6.07) is 7.53. The van der Waals surface area contributed by atoms with Crippen LogP contribution in [0.2, 0.25) is 0 Å². The van der Waals surface area contributed by atoms with Crippen molar-refractivity contribution >= 4 is 23.8 Å². The van der Waals surface area contributed by atoms with E-state index in [9.17, 15) is 9.18 Å². The van der Waals surface area contributed by atoms with Crippen LogP contribution in [-0.4, -0.2) is 26.8 Å². The van der Waals surface area contributed by atoms with Crippen LogP contribution in [0.3, 0.4) is 0 Å². The molecule has 0 aliphatic heterocycles. The quantitative estimate of drug-likeness (QED) is 0.833. The average molecular weight is 346 g/mol. The molecule has 1 spiro atoms. The third-order valence-electron chi connectivity index (χ3n) is 5.25. The molecule has 0 radical (unpaired) electrons. The zero-order valence-electron chi connectivity index (χ0n) is 13.4. The Balaban J connectivity index is 1.45. The number of H-pyrrole nitrogens is 1. The molecule has 2 fully saturated rings. The van der Waals surface area contributed by atoms with Gasteiger partial charge < -0.3 is 5.32 Å². The van der Waals surface area contributed by atoms with Crippen molar-refractivity contribution in [1.82, 2.24) is 14.8 Å². The Morgan fingerprint density at radius 1 is 1.42 bits per heavy atom. The average Bonchev–Trinajstić information content (AvgIpc) is 2.80. The number of rotatable bonds is 3. The highest BCUT2D eigenvalue weighted by Gasteiger charge is 2.55. The van der Waals surface area contributed by atoms with Crippen molar-refractivity contribution in [3.8, 4) is 5.69 Å². The Hall–Kier alpha value is -2.02. The highest BCUT2D eigenvalue weighted by atomic mass is 32.1. The number of halogens is 1. The molecule has 126 valence electrons. The predicted molar refractivity (Wildman–Crippen MR) is 91.4 cm³/mol. The number of hydrogen-bond acceptors (Lipinski definition) is 3. The summed E-state index contributed by atoms with van der Waals surface area (Å²) in [4.78, 5) is 12.4. The number of carbonyl (C=O) groups is 1. The van der Waals surface area contributed by atoms with Crippen molar-refractivity contribution in [3.05, 3.63) is 34.9 Å². The summed E-state index contributed by atoms with van der Waals surface area (Å²) < 4.78 is 15.4. The van der Waals surface area contributed by atoms with Crippen LogP contribution in [0.5, 0.6) is 0 Å². The van der Waals surface area contributed by atoms with Crippen LogP contribution in [-0.2, 0) is 4.79 Å². The third-order valence-corrected chi connectivity index (χ3v) is 5.52. The Bertz CT molecular complexity index is 844. The summed E-state index contributed by atoms with van der Waals surface area (Å²) in [6.07, 6.45) is 2.22. The topological polar surface area (TPSA) is 62.7 Å². The second-order valence-electron chi connectivity index (χ2n) is 7.06. The fraction of sp³-hybridized carbons (Fsp3) is 0.471. The first kappa shape index (κ1) is 15.5. The molecule has 7 heteroatoms. The summed E-state index contributed by atoms with van der Waals surface area (Å²) in [6.45, 7) is 1.86. The van der Waals surface area contributed by atoms with Crippen molar-refractivity contribution < 1.29 is 9.18 Å². The molecule has 1 aromatic heterocycles. The van der Waals surface area contributed by atoms with Gasteiger partial charge in [-0.1, -0.05) is 6.07 Å². The van der Waals surface area contributed by atoms with E-state index in [-0.39, 0.29) is 17.2 Å². The number of anilines is 1. The van der Waals surface area contributed by atoms with Crippen molar-refractivity contribution in [1.29, 1.82) is 0 Å². The van der Waals surface area contributed by atoms with Crippen LogP contribution >= 0.6 is 12.2 Å². The van der Waals surface area contributed by atoms with E-state index >= 15 is 0 Å². The van der Waals surface area contributed by atoms with Crippen molar-refractivity contribution in [2.24, 2.45) is 11.3 Å². The molecule has 0 unspecified atom stereocenters. The van der Waals surface area contributed by atoms with Crippen molar-refractivity contribution in [2.45, 2.75) is 38.8 Å². The first-order valence-corrected chi connectivity index (χ1v) is 8.56. The summed E-state index contributed by atoms with van der Waals surface area (Å²) in [5.74, 6) is 0.779. The van der Waals surface area contributed by atoms with Crippen molar-refractivity contribution in [2.75, 3.05) is 5.32 Å². The second kappa shape index (κ2) is 5.51. The molecule has 1 aromatic carbocycles. The SMILES string of the molecule is Cc1n[nH]c(=S)n1-c1cccc(NC(=O)C2CC3(CC(F)C3)C2)c1. The highest BCUT2D eigenvalue weighted by Crippen LogP contribution is 2.59. The van der Waals surface area contributed by atoms with Gasteiger partial charge in [-0.2, -0.15) is 5.10 Å². The molecule has 0 atom stereocenters. The van der Waals surface area contributed by atoms with E-state index in [1.807, 2.05) is 35.8 Å². The molecule has 2 aliphatic carbocycles. The fourth-order valence-corrected chi connectivity index (χ4v) is 4.31. The van der Waals surface area contributed by atoms with Gasteiger partial charge in [0.25, 0.3) is 0 Å². The molecule has 2 aromatic rings. The molecule has 1 amide bonds. The molecule has 1 heterocycles. The van der Waals surface area contributed by atoms with Gasteiger partial charge in [-0.3, -0.25) is 14.5 Å². The largest absolute Gasteiger partial charge is 0.326 e. The number of amides is 1. The lowest BCUT2D eigenvalue weighted by atomic mass is 9.51. The molecular weight excluding hydrogens is 327 g/mol. The number of aryl methyl sites for hydroxylation is 1. The van der Waals surface area contributed by atoms with E-state index in [0.717, 1.165) is 30.0 Å². The van der Waals surface area contributed by atoms with Crippen LogP contribution in [0, 0.1) is 23.0 Å². The monoisotopic (exact) mass is 346 g/mol. The summed E-state index contributed by atoms with van der Waals surface area (Å²) in [5, 5.41) is 9.83. The maximum Gasteiger partial charge on any atom is 0.227 e. The maximum atomic E-state index is 13.0. The zero-order chi connectivity index (χ0) is 16.9.